The first kappa shape index (κ1) is 30.4. The molecule has 1 saturated carbocycles. The van der Waals surface area contributed by atoms with Crippen LogP contribution in [0.4, 0.5) is 11.6 Å². The van der Waals surface area contributed by atoms with E-state index in [2.05, 4.69) is 35.9 Å². The summed E-state index contributed by atoms with van der Waals surface area (Å²) in [5.41, 5.74) is 16.3. The number of aromatic nitrogens is 6. The molecule has 0 aliphatic heterocycles. The summed E-state index contributed by atoms with van der Waals surface area (Å²) in [6, 6.07) is 13.8. The van der Waals surface area contributed by atoms with Crippen molar-refractivity contribution in [2.45, 2.75) is 52.0 Å². The minimum absolute atomic E-state index is 0.134. The van der Waals surface area contributed by atoms with E-state index >= 15 is 0 Å². The predicted octanol–water partition coefficient (Wildman–Crippen LogP) is 2.79. The van der Waals surface area contributed by atoms with Gasteiger partial charge in [-0.25, -0.2) is 9.97 Å². The number of carbonyl (C=O) groups is 3. The van der Waals surface area contributed by atoms with E-state index in [4.69, 9.17) is 11.5 Å². The zero-order valence-corrected chi connectivity index (χ0v) is 24.7. The molecule has 44 heavy (non-hydrogen) atoms. The van der Waals surface area contributed by atoms with Crippen molar-refractivity contribution in [1.82, 2.24) is 30.6 Å². The molecule has 0 radical (unpaired) electrons. The van der Waals surface area contributed by atoms with Gasteiger partial charge in [0.05, 0.1) is 5.69 Å². The molecule has 0 saturated heterocycles. The van der Waals surface area contributed by atoms with Crippen molar-refractivity contribution in [2.24, 2.45) is 23.3 Å². The predicted molar refractivity (Wildman–Crippen MR) is 165 cm³/mol. The van der Waals surface area contributed by atoms with Gasteiger partial charge in [0.15, 0.2) is 0 Å². The summed E-state index contributed by atoms with van der Waals surface area (Å²) in [5, 5.41) is 16.7. The summed E-state index contributed by atoms with van der Waals surface area (Å²) in [7, 11) is 0. The van der Waals surface area contributed by atoms with Gasteiger partial charge in [0.1, 0.15) is 6.04 Å². The molecule has 13 heteroatoms. The second kappa shape index (κ2) is 13.5. The lowest BCUT2D eigenvalue weighted by molar-refractivity contribution is -0.127. The third kappa shape index (κ3) is 6.94. The molecule has 1 fully saturated rings. The Bertz CT molecular complexity index is 1620. The summed E-state index contributed by atoms with van der Waals surface area (Å²) in [5.74, 6) is -0.203. The molecule has 3 amide bonds. The zero-order valence-electron chi connectivity index (χ0n) is 24.7. The fourth-order valence-electron chi connectivity index (χ4n) is 5.73. The van der Waals surface area contributed by atoms with Gasteiger partial charge in [-0.15, -0.1) is 10.2 Å². The summed E-state index contributed by atoms with van der Waals surface area (Å²) in [4.78, 5) is 48.9. The number of amides is 3. The van der Waals surface area contributed by atoms with E-state index < -0.39 is 11.9 Å². The van der Waals surface area contributed by atoms with Crippen LogP contribution in [0.1, 0.15) is 43.9 Å². The molecular weight excluding hydrogens is 560 g/mol. The van der Waals surface area contributed by atoms with Crippen LogP contribution in [0.15, 0.2) is 54.7 Å². The van der Waals surface area contributed by atoms with Gasteiger partial charge in [0.2, 0.25) is 29.5 Å². The van der Waals surface area contributed by atoms with Crippen LogP contribution in [0.5, 0.6) is 0 Å². The van der Waals surface area contributed by atoms with Gasteiger partial charge in [-0.2, -0.15) is 5.21 Å². The van der Waals surface area contributed by atoms with Crippen LogP contribution in [0, 0.1) is 18.8 Å². The molecule has 1 aliphatic rings. The number of primary amides is 1. The van der Waals surface area contributed by atoms with E-state index in [0.29, 0.717) is 48.1 Å². The quantitative estimate of drug-likeness (QED) is 0.212. The molecule has 2 aromatic heterocycles. The van der Waals surface area contributed by atoms with Crippen LogP contribution >= 0.6 is 0 Å². The number of aryl methyl sites for hydroxylation is 1. The van der Waals surface area contributed by atoms with Crippen molar-refractivity contribution in [3.8, 4) is 22.5 Å². The molecule has 2 heterocycles. The number of carbonyl (C=O) groups excluding carboxylic acids is 3. The molecule has 13 nitrogen and oxygen atoms in total. The highest BCUT2D eigenvalue weighted by Gasteiger charge is 2.36. The number of hydrogen-bond donors (Lipinski definition) is 4. The Balaban J connectivity index is 1.46. The molecule has 6 N–H and O–H groups in total. The maximum absolute atomic E-state index is 14.2. The van der Waals surface area contributed by atoms with E-state index in [1.54, 1.807) is 35.4 Å². The monoisotopic (exact) mass is 596 g/mol. The lowest BCUT2D eigenvalue weighted by Crippen LogP contribution is -2.52. The van der Waals surface area contributed by atoms with Crippen LogP contribution in [0.3, 0.4) is 0 Å². The first-order valence-corrected chi connectivity index (χ1v) is 14.6. The van der Waals surface area contributed by atoms with Crippen LogP contribution in [0.25, 0.3) is 22.5 Å². The number of nitrogens with one attached hydrogen (secondary N) is 2. The normalized spacial score (nSPS) is 17.1. The number of benzene rings is 2. The molecule has 228 valence electrons. The van der Waals surface area contributed by atoms with Crippen molar-refractivity contribution in [2.75, 3.05) is 16.8 Å². The summed E-state index contributed by atoms with van der Waals surface area (Å²) in [6.45, 7) is 3.83. The topological polar surface area (TPSA) is 199 Å². The molecule has 0 spiro atoms. The number of rotatable bonds is 10. The Hall–Kier alpha value is -5.04. The number of hydrogen-bond acceptors (Lipinski definition) is 9. The largest absolute Gasteiger partial charge is 0.368 e. The van der Waals surface area contributed by atoms with E-state index in [1.165, 1.54) is 6.92 Å². The Morgan fingerprint density at radius 1 is 1.07 bits per heavy atom. The van der Waals surface area contributed by atoms with Crippen LogP contribution < -0.4 is 21.7 Å². The molecule has 1 atom stereocenters. The molecule has 5 rings (SSSR count). The second-order valence-electron chi connectivity index (χ2n) is 11.1. The number of tetrazole rings is 1. The van der Waals surface area contributed by atoms with E-state index in [0.717, 1.165) is 29.5 Å². The minimum atomic E-state index is -0.944. The van der Waals surface area contributed by atoms with Crippen molar-refractivity contribution in [3.05, 3.63) is 66.0 Å². The van der Waals surface area contributed by atoms with Crippen LogP contribution in [-0.2, 0) is 20.8 Å². The third-order valence-electron chi connectivity index (χ3n) is 8.09. The number of anilines is 2. The van der Waals surface area contributed by atoms with Gasteiger partial charge in [0.25, 0.3) is 0 Å². The average Bonchev–Trinajstić information content (AvgIpc) is 3.56. The van der Waals surface area contributed by atoms with Crippen molar-refractivity contribution in [1.29, 1.82) is 0 Å². The van der Waals surface area contributed by atoms with E-state index in [-0.39, 0.29) is 30.1 Å². The standard InChI is InChI=1S/C31H36N10O3/c1-18-26(17-34-31(35-18)36-19(2)42)24-5-3-4-21(14-24)15-27(28(33)43)41(30(44)23-8-6-20(16-32)7-9-23)25-12-10-22(11-13-25)29-37-39-40-38-29/h3-5,10-14,17,20,23,27H,6-9,15-16,32H2,1-2H3,(H2,33,43)(H,34,35,36,42)(H,37,38,39,40)/t20?,23?,27-/m0/s1. The number of H-pyrrole nitrogens is 1. The Morgan fingerprint density at radius 3 is 2.43 bits per heavy atom. The zero-order chi connectivity index (χ0) is 31.2. The highest BCUT2D eigenvalue weighted by atomic mass is 16.2. The third-order valence-corrected chi connectivity index (χ3v) is 8.09. The lowest BCUT2D eigenvalue weighted by atomic mass is 9.81. The first-order chi connectivity index (χ1) is 21.2. The number of nitrogens with two attached hydrogens (primary N) is 2. The molecule has 2 aromatic carbocycles. The van der Waals surface area contributed by atoms with Crippen LogP contribution in [0.2, 0.25) is 0 Å². The molecule has 0 unspecified atom stereocenters. The van der Waals surface area contributed by atoms with E-state index in [9.17, 15) is 14.4 Å². The fourth-order valence-corrected chi connectivity index (χ4v) is 5.73. The molecule has 0 bridgehead atoms. The molecule has 4 aromatic rings. The first-order valence-electron chi connectivity index (χ1n) is 14.6. The second-order valence-corrected chi connectivity index (χ2v) is 11.1. The smallest absolute Gasteiger partial charge is 0.240 e. The van der Waals surface area contributed by atoms with Crippen molar-refractivity contribution in [3.63, 3.8) is 0 Å². The Labute approximate surface area is 254 Å². The van der Waals surface area contributed by atoms with Crippen molar-refractivity contribution >= 4 is 29.4 Å². The Kier molecular flexibility index (Phi) is 9.34. The SMILES string of the molecule is CC(=O)Nc1ncc(-c2cccc(C[C@@H](C(N)=O)N(C(=O)C3CCC(CN)CC3)c3ccc(-c4nn[nH]n4)cc3)c2)c(C)n1. The van der Waals surface area contributed by atoms with E-state index in [1.807, 2.05) is 31.2 Å². The number of nitrogens with zero attached hydrogens (tertiary/aromatic N) is 6. The summed E-state index contributed by atoms with van der Waals surface area (Å²) in [6.07, 6.45) is 4.98. The average molecular weight is 597 g/mol. The highest BCUT2D eigenvalue weighted by molar-refractivity contribution is 6.02. The van der Waals surface area contributed by atoms with Gasteiger partial charge in [-0.05, 0) is 85.7 Å². The minimum Gasteiger partial charge on any atom is -0.368 e. The lowest BCUT2D eigenvalue weighted by Gasteiger charge is -2.35. The summed E-state index contributed by atoms with van der Waals surface area (Å²) >= 11 is 0. The Morgan fingerprint density at radius 2 is 1.82 bits per heavy atom. The van der Waals surface area contributed by atoms with Gasteiger partial charge in [0, 0.05) is 42.3 Å². The fraction of sp³-hybridized carbons (Fsp3) is 0.355. The highest BCUT2D eigenvalue weighted by Crippen LogP contribution is 2.33. The van der Waals surface area contributed by atoms with Gasteiger partial charge >= 0.3 is 0 Å². The summed E-state index contributed by atoms with van der Waals surface area (Å²) < 4.78 is 0. The van der Waals surface area contributed by atoms with Crippen LogP contribution in [-0.4, -0.2) is 60.9 Å². The van der Waals surface area contributed by atoms with Crippen molar-refractivity contribution < 1.29 is 14.4 Å². The van der Waals surface area contributed by atoms with Gasteiger partial charge < -0.3 is 11.5 Å². The van der Waals surface area contributed by atoms with Gasteiger partial charge in [-0.3, -0.25) is 24.6 Å². The maximum Gasteiger partial charge on any atom is 0.240 e. The molecule has 1 aliphatic carbocycles. The number of aromatic amines is 1. The van der Waals surface area contributed by atoms with Gasteiger partial charge in [-0.1, -0.05) is 24.3 Å². The maximum atomic E-state index is 14.2. The molecular formula is C31H36N10O3.